The predicted octanol–water partition coefficient (Wildman–Crippen LogP) is 4.30. The summed E-state index contributed by atoms with van der Waals surface area (Å²) in [6.45, 7) is 4.48. The maximum Gasteiger partial charge on any atom is 0.286 e. The van der Waals surface area contributed by atoms with Crippen LogP contribution in [0.2, 0.25) is 0 Å². The lowest BCUT2D eigenvalue weighted by Crippen LogP contribution is -2.24. The zero-order valence-corrected chi connectivity index (χ0v) is 14.6. The topological polar surface area (TPSA) is 71.9 Å². The number of hydrogen-bond donors (Lipinski definition) is 1. The van der Waals surface area contributed by atoms with Gasteiger partial charge in [-0.25, -0.2) is 0 Å². The molecule has 0 aliphatic carbocycles. The van der Waals surface area contributed by atoms with Crippen molar-refractivity contribution in [3.8, 4) is 5.88 Å². The van der Waals surface area contributed by atoms with Gasteiger partial charge in [-0.3, -0.25) is 13.9 Å². The smallest absolute Gasteiger partial charge is 0.286 e. The average Bonchev–Trinajstić information content (AvgIpc) is 2.50. The minimum Gasteiger partial charge on any atom is -0.493 e. The van der Waals surface area contributed by atoms with Crippen molar-refractivity contribution in [3.63, 3.8) is 0 Å². The van der Waals surface area contributed by atoms with Crippen LogP contribution in [-0.2, 0) is 13.1 Å². The van der Waals surface area contributed by atoms with Gasteiger partial charge in [0.25, 0.3) is 5.56 Å². The molecule has 1 aromatic carbocycles. The van der Waals surface area contributed by atoms with Gasteiger partial charge in [-0.05, 0) is 50.3 Å². The summed E-state index contributed by atoms with van der Waals surface area (Å²) in [5.41, 5.74) is 0.0197. The lowest BCUT2D eigenvalue weighted by molar-refractivity contribution is 0.402. The fourth-order valence-corrected chi connectivity index (χ4v) is 2.63. The number of rotatable bonds is 4. The van der Waals surface area contributed by atoms with Crippen LogP contribution in [0, 0.1) is 4.77 Å². The van der Waals surface area contributed by atoms with E-state index in [1.54, 1.807) is 12.1 Å². The van der Waals surface area contributed by atoms with Crippen LogP contribution >= 0.6 is 28.1 Å². The highest BCUT2D eigenvalue weighted by Gasteiger charge is 2.15. The second-order valence-electron chi connectivity index (χ2n) is 4.42. The molecule has 0 unspecified atom stereocenters. The first-order valence-electron chi connectivity index (χ1n) is 6.73. The van der Waals surface area contributed by atoms with Crippen molar-refractivity contribution in [3.05, 3.63) is 43.9 Å². The number of aromatic hydroxyl groups is 1. The maximum atomic E-state index is 12.3. The van der Waals surface area contributed by atoms with Crippen LogP contribution in [0.4, 0.5) is 11.4 Å². The lowest BCUT2D eigenvalue weighted by atomic mass is 10.3. The van der Waals surface area contributed by atoms with Gasteiger partial charge in [0.1, 0.15) is 0 Å². The van der Waals surface area contributed by atoms with E-state index in [0.717, 1.165) is 4.47 Å². The molecule has 0 radical (unpaired) electrons. The fraction of sp³-hybridized carbons (Fsp3) is 0.286. The molecule has 0 aliphatic heterocycles. The van der Waals surface area contributed by atoms with Crippen LogP contribution in [0.3, 0.4) is 0 Å². The maximum absolute atomic E-state index is 12.3. The molecular formula is C14H15BrN4O2S. The molecule has 0 saturated heterocycles. The highest BCUT2D eigenvalue weighted by molar-refractivity contribution is 9.10. The number of halogens is 1. The quantitative estimate of drug-likeness (QED) is 0.632. The second kappa shape index (κ2) is 6.97. The standard InChI is InChI=1S/C14H15BrN4O2S/c1-3-18-12(20)11(13(21)19(4-2)14(18)22)17-16-10-7-5-9(15)6-8-10/h5-8,20H,3-4H2,1-2H3. The van der Waals surface area contributed by atoms with E-state index in [4.69, 9.17) is 12.2 Å². The van der Waals surface area contributed by atoms with Crippen LogP contribution in [0.1, 0.15) is 13.8 Å². The van der Waals surface area contributed by atoms with Crippen LogP contribution in [0.15, 0.2) is 43.8 Å². The Hall–Kier alpha value is -1.80. The van der Waals surface area contributed by atoms with E-state index in [9.17, 15) is 9.90 Å². The summed E-state index contributed by atoms with van der Waals surface area (Å²) in [4.78, 5) is 12.3. The van der Waals surface area contributed by atoms with Crippen molar-refractivity contribution in [1.82, 2.24) is 9.13 Å². The molecule has 22 heavy (non-hydrogen) atoms. The summed E-state index contributed by atoms with van der Waals surface area (Å²) in [6, 6.07) is 7.13. The Bertz CT molecular complexity index is 824. The average molecular weight is 383 g/mol. The summed E-state index contributed by atoms with van der Waals surface area (Å²) in [5, 5.41) is 18.1. The molecule has 2 rings (SSSR count). The number of nitrogens with zero attached hydrogens (tertiary/aromatic N) is 4. The van der Waals surface area contributed by atoms with Gasteiger partial charge in [0.05, 0.1) is 5.69 Å². The van der Waals surface area contributed by atoms with Crippen LogP contribution < -0.4 is 5.56 Å². The molecule has 2 aromatic rings. The number of aromatic nitrogens is 2. The summed E-state index contributed by atoms with van der Waals surface area (Å²) < 4.78 is 4.03. The molecule has 1 aromatic heterocycles. The van der Waals surface area contributed by atoms with E-state index in [-0.39, 0.29) is 16.3 Å². The summed E-state index contributed by atoms with van der Waals surface area (Å²) >= 11 is 8.54. The van der Waals surface area contributed by atoms with Gasteiger partial charge in [0.15, 0.2) is 4.77 Å². The number of hydrogen-bond acceptors (Lipinski definition) is 5. The Labute approximate surface area is 140 Å². The highest BCUT2D eigenvalue weighted by Crippen LogP contribution is 2.25. The third-order valence-corrected chi connectivity index (χ3v) is 4.07. The molecule has 6 nitrogen and oxygen atoms in total. The molecular weight excluding hydrogens is 368 g/mol. The molecule has 0 aliphatic rings. The first-order chi connectivity index (χ1) is 10.5. The van der Waals surface area contributed by atoms with Gasteiger partial charge in [0, 0.05) is 17.6 Å². The SMILES string of the molecule is CCn1c(O)c(N=Nc2ccc(Br)cc2)c(=O)n(CC)c1=S. The van der Waals surface area contributed by atoms with Gasteiger partial charge in [-0.15, -0.1) is 5.11 Å². The zero-order chi connectivity index (χ0) is 16.3. The van der Waals surface area contributed by atoms with Gasteiger partial charge >= 0.3 is 0 Å². The first kappa shape index (κ1) is 16.6. The van der Waals surface area contributed by atoms with Crippen LogP contribution in [-0.4, -0.2) is 14.2 Å². The molecule has 1 N–H and O–H groups in total. The molecule has 0 amide bonds. The lowest BCUT2D eigenvalue weighted by Gasteiger charge is -2.12. The minimum atomic E-state index is -0.449. The monoisotopic (exact) mass is 382 g/mol. The molecule has 8 heteroatoms. The van der Waals surface area contributed by atoms with Crippen LogP contribution in [0.25, 0.3) is 0 Å². The van der Waals surface area contributed by atoms with E-state index < -0.39 is 5.56 Å². The van der Waals surface area contributed by atoms with E-state index in [0.29, 0.717) is 18.8 Å². The van der Waals surface area contributed by atoms with Gasteiger partial charge in [-0.1, -0.05) is 15.9 Å². The van der Waals surface area contributed by atoms with Gasteiger partial charge in [0.2, 0.25) is 11.6 Å². The molecule has 1 heterocycles. The normalized spacial score (nSPS) is 11.2. The molecule has 0 spiro atoms. The van der Waals surface area contributed by atoms with E-state index in [1.807, 2.05) is 26.0 Å². The van der Waals surface area contributed by atoms with E-state index in [2.05, 4.69) is 26.2 Å². The van der Waals surface area contributed by atoms with Crippen molar-refractivity contribution in [2.24, 2.45) is 10.2 Å². The third kappa shape index (κ3) is 3.17. The van der Waals surface area contributed by atoms with Crippen LogP contribution in [0.5, 0.6) is 5.88 Å². The molecule has 0 saturated carbocycles. The van der Waals surface area contributed by atoms with Crippen molar-refractivity contribution in [2.75, 3.05) is 0 Å². The Morgan fingerprint density at radius 1 is 1.14 bits per heavy atom. The minimum absolute atomic E-state index is 0.111. The fourth-order valence-electron chi connectivity index (χ4n) is 1.94. The zero-order valence-electron chi connectivity index (χ0n) is 12.2. The first-order valence-corrected chi connectivity index (χ1v) is 7.93. The summed E-state index contributed by atoms with van der Waals surface area (Å²) in [5.74, 6) is -0.261. The molecule has 0 fully saturated rings. The van der Waals surface area contributed by atoms with Crippen molar-refractivity contribution in [2.45, 2.75) is 26.9 Å². The van der Waals surface area contributed by atoms with E-state index in [1.165, 1.54) is 9.13 Å². The van der Waals surface area contributed by atoms with Crippen molar-refractivity contribution < 1.29 is 5.11 Å². The Balaban J connectivity index is 2.58. The molecule has 0 atom stereocenters. The summed E-state index contributed by atoms with van der Waals surface area (Å²) in [7, 11) is 0. The van der Waals surface area contributed by atoms with Gasteiger partial charge in [-0.2, -0.15) is 5.11 Å². The number of benzene rings is 1. The third-order valence-electron chi connectivity index (χ3n) is 3.10. The van der Waals surface area contributed by atoms with E-state index >= 15 is 0 Å². The Morgan fingerprint density at radius 2 is 1.73 bits per heavy atom. The molecule has 0 bridgehead atoms. The summed E-state index contributed by atoms with van der Waals surface area (Å²) in [6.07, 6.45) is 0. The highest BCUT2D eigenvalue weighted by atomic mass is 79.9. The van der Waals surface area contributed by atoms with Crippen molar-refractivity contribution >= 4 is 39.5 Å². The van der Waals surface area contributed by atoms with Crippen molar-refractivity contribution in [1.29, 1.82) is 0 Å². The second-order valence-corrected chi connectivity index (χ2v) is 5.71. The number of azo groups is 1. The van der Waals surface area contributed by atoms with Gasteiger partial charge < -0.3 is 5.11 Å². The Kier molecular flexibility index (Phi) is 5.25. The predicted molar refractivity (Wildman–Crippen MR) is 90.9 cm³/mol. The molecule has 116 valence electrons. The Morgan fingerprint density at radius 3 is 2.27 bits per heavy atom. The largest absolute Gasteiger partial charge is 0.493 e.